The van der Waals surface area contributed by atoms with Crippen molar-refractivity contribution >= 4 is 28.5 Å². The Hall–Kier alpha value is -0.790. The SMILES string of the molecule is Cc1ncc(C(N)=O)c(I)c1C(F)F. The summed E-state index contributed by atoms with van der Waals surface area (Å²) in [5.74, 6) is -0.746. The first-order chi connectivity index (χ1) is 6.45. The second-order valence-corrected chi connectivity index (χ2v) is 3.73. The van der Waals surface area contributed by atoms with Crippen LogP contribution in [0.4, 0.5) is 8.78 Å². The Balaban J connectivity index is 3.41. The molecule has 6 heteroatoms. The molecular formula is C8H7F2IN2O. The van der Waals surface area contributed by atoms with Crippen molar-refractivity contribution in [1.29, 1.82) is 0 Å². The van der Waals surface area contributed by atoms with Crippen LogP contribution in [0.3, 0.4) is 0 Å². The number of hydrogen-bond acceptors (Lipinski definition) is 2. The minimum Gasteiger partial charge on any atom is -0.366 e. The van der Waals surface area contributed by atoms with Gasteiger partial charge in [0.1, 0.15) is 0 Å². The normalized spacial score (nSPS) is 10.6. The number of carbonyl (C=O) groups is 1. The smallest absolute Gasteiger partial charge is 0.266 e. The van der Waals surface area contributed by atoms with E-state index in [0.29, 0.717) is 0 Å². The fraction of sp³-hybridized carbons (Fsp3) is 0.250. The van der Waals surface area contributed by atoms with Crippen LogP contribution in [-0.4, -0.2) is 10.9 Å². The van der Waals surface area contributed by atoms with Crippen molar-refractivity contribution in [2.45, 2.75) is 13.3 Å². The van der Waals surface area contributed by atoms with Gasteiger partial charge in [0, 0.05) is 15.5 Å². The van der Waals surface area contributed by atoms with Gasteiger partial charge in [-0.05, 0) is 29.5 Å². The molecule has 76 valence electrons. The fourth-order valence-corrected chi connectivity index (χ4v) is 2.05. The van der Waals surface area contributed by atoms with E-state index < -0.39 is 12.3 Å². The molecule has 0 bridgehead atoms. The standard InChI is InChI=1S/C8H7F2IN2O/c1-3-5(7(9)10)6(11)4(2-13-3)8(12)14/h2,7H,1H3,(H2,12,14). The topological polar surface area (TPSA) is 56.0 Å². The number of hydrogen-bond donors (Lipinski definition) is 1. The summed E-state index contributed by atoms with van der Waals surface area (Å²) in [7, 11) is 0. The van der Waals surface area contributed by atoms with Crippen molar-refractivity contribution < 1.29 is 13.6 Å². The Morgan fingerprint density at radius 3 is 2.64 bits per heavy atom. The lowest BCUT2D eigenvalue weighted by molar-refractivity contribution is 0.0998. The van der Waals surface area contributed by atoms with Crippen molar-refractivity contribution in [3.63, 3.8) is 0 Å². The van der Waals surface area contributed by atoms with E-state index in [9.17, 15) is 13.6 Å². The Morgan fingerprint density at radius 2 is 2.21 bits per heavy atom. The molecule has 0 saturated carbocycles. The van der Waals surface area contributed by atoms with E-state index in [-0.39, 0.29) is 20.4 Å². The lowest BCUT2D eigenvalue weighted by Crippen LogP contribution is -2.15. The molecule has 0 radical (unpaired) electrons. The van der Waals surface area contributed by atoms with E-state index in [0.717, 1.165) is 0 Å². The van der Waals surface area contributed by atoms with Gasteiger partial charge in [0.2, 0.25) is 0 Å². The van der Waals surface area contributed by atoms with Crippen LogP contribution < -0.4 is 5.73 Å². The maximum Gasteiger partial charge on any atom is 0.266 e. The van der Waals surface area contributed by atoms with Crippen molar-refractivity contribution in [2.75, 3.05) is 0 Å². The molecule has 1 aromatic heterocycles. The molecule has 14 heavy (non-hydrogen) atoms. The Bertz CT molecular complexity index is 382. The van der Waals surface area contributed by atoms with E-state index in [4.69, 9.17) is 5.73 Å². The van der Waals surface area contributed by atoms with Crippen LogP contribution in [0.1, 0.15) is 28.0 Å². The molecule has 0 aliphatic rings. The highest BCUT2D eigenvalue weighted by Crippen LogP contribution is 2.28. The molecule has 0 aliphatic heterocycles. The summed E-state index contributed by atoms with van der Waals surface area (Å²) < 4.78 is 25.2. The number of aromatic nitrogens is 1. The van der Waals surface area contributed by atoms with E-state index in [2.05, 4.69) is 4.98 Å². The molecule has 0 unspecified atom stereocenters. The number of aryl methyl sites for hydroxylation is 1. The van der Waals surface area contributed by atoms with Crippen LogP contribution in [0, 0.1) is 10.5 Å². The molecule has 1 rings (SSSR count). The van der Waals surface area contributed by atoms with Gasteiger partial charge in [-0.25, -0.2) is 8.78 Å². The van der Waals surface area contributed by atoms with Gasteiger partial charge in [-0.15, -0.1) is 0 Å². The molecule has 0 atom stereocenters. The molecule has 1 heterocycles. The number of pyridine rings is 1. The van der Waals surface area contributed by atoms with E-state index >= 15 is 0 Å². The molecule has 2 N–H and O–H groups in total. The van der Waals surface area contributed by atoms with Gasteiger partial charge >= 0.3 is 0 Å². The van der Waals surface area contributed by atoms with Gasteiger partial charge in [0.05, 0.1) is 11.1 Å². The highest BCUT2D eigenvalue weighted by atomic mass is 127. The van der Waals surface area contributed by atoms with E-state index in [1.54, 1.807) is 22.6 Å². The summed E-state index contributed by atoms with van der Waals surface area (Å²) in [4.78, 5) is 14.5. The first-order valence-corrected chi connectivity index (χ1v) is 4.76. The number of carbonyl (C=O) groups excluding carboxylic acids is 1. The van der Waals surface area contributed by atoms with Crippen LogP contribution in [0.15, 0.2) is 6.20 Å². The Labute approximate surface area is 92.8 Å². The highest BCUT2D eigenvalue weighted by Gasteiger charge is 2.20. The maximum absolute atomic E-state index is 12.5. The third kappa shape index (κ3) is 1.99. The summed E-state index contributed by atoms with van der Waals surface area (Å²) >= 11 is 1.68. The first-order valence-electron chi connectivity index (χ1n) is 3.68. The number of nitrogens with zero attached hydrogens (tertiary/aromatic N) is 1. The van der Waals surface area contributed by atoms with Crippen LogP contribution in [-0.2, 0) is 0 Å². The van der Waals surface area contributed by atoms with Gasteiger partial charge in [-0.1, -0.05) is 0 Å². The van der Waals surface area contributed by atoms with Gasteiger partial charge in [0.25, 0.3) is 12.3 Å². The van der Waals surface area contributed by atoms with E-state index in [1.165, 1.54) is 13.1 Å². The van der Waals surface area contributed by atoms with Crippen LogP contribution in [0.2, 0.25) is 0 Å². The lowest BCUT2D eigenvalue weighted by atomic mass is 10.1. The number of halogens is 3. The molecule has 0 saturated heterocycles. The monoisotopic (exact) mass is 312 g/mol. The fourth-order valence-electron chi connectivity index (χ4n) is 1.02. The van der Waals surface area contributed by atoms with Gasteiger partial charge < -0.3 is 5.73 Å². The maximum atomic E-state index is 12.5. The Morgan fingerprint density at radius 1 is 1.64 bits per heavy atom. The minimum atomic E-state index is -2.64. The van der Waals surface area contributed by atoms with Crippen LogP contribution in [0.25, 0.3) is 0 Å². The quantitative estimate of drug-likeness (QED) is 0.850. The lowest BCUT2D eigenvalue weighted by Gasteiger charge is -2.08. The third-order valence-corrected chi connectivity index (χ3v) is 2.90. The summed E-state index contributed by atoms with van der Waals surface area (Å²) in [6.45, 7) is 1.47. The second-order valence-electron chi connectivity index (χ2n) is 2.65. The van der Waals surface area contributed by atoms with Crippen molar-refractivity contribution in [2.24, 2.45) is 5.73 Å². The zero-order valence-electron chi connectivity index (χ0n) is 7.22. The predicted molar refractivity (Wildman–Crippen MR) is 55.2 cm³/mol. The molecule has 0 spiro atoms. The number of rotatable bonds is 2. The zero-order chi connectivity index (χ0) is 10.9. The average molecular weight is 312 g/mol. The van der Waals surface area contributed by atoms with Crippen molar-refractivity contribution in [3.8, 4) is 0 Å². The van der Waals surface area contributed by atoms with Crippen LogP contribution >= 0.6 is 22.6 Å². The second kappa shape index (κ2) is 4.16. The first kappa shape index (κ1) is 11.3. The predicted octanol–water partition coefficient (Wildman–Crippen LogP) is 2.03. The summed E-state index contributed by atoms with van der Waals surface area (Å²) in [6, 6.07) is 0. The highest BCUT2D eigenvalue weighted by molar-refractivity contribution is 14.1. The molecule has 3 nitrogen and oxygen atoms in total. The molecule has 0 aromatic carbocycles. The summed E-state index contributed by atoms with van der Waals surface area (Å²) in [5, 5.41) is 0. The van der Waals surface area contributed by atoms with Crippen molar-refractivity contribution in [1.82, 2.24) is 4.98 Å². The van der Waals surface area contributed by atoms with Gasteiger partial charge in [0.15, 0.2) is 0 Å². The molecule has 0 aliphatic carbocycles. The third-order valence-electron chi connectivity index (χ3n) is 1.73. The van der Waals surface area contributed by atoms with E-state index in [1.807, 2.05) is 0 Å². The zero-order valence-corrected chi connectivity index (χ0v) is 9.38. The van der Waals surface area contributed by atoms with Gasteiger partial charge in [-0.2, -0.15) is 0 Å². The average Bonchev–Trinajstić information content (AvgIpc) is 2.02. The Kier molecular flexibility index (Phi) is 3.35. The number of alkyl halides is 2. The van der Waals surface area contributed by atoms with Gasteiger partial charge in [-0.3, -0.25) is 9.78 Å². The largest absolute Gasteiger partial charge is 0.366 e. The molecular weight excluding hydrogens is 305 g/mol. The number of nitrogens with two attached hydrogens (primary N) is 1. The molecule has 1 aromatic rings. The molecule has 1 amide bonds. The summed E-state index contributed by atoms with van der Waals surface area (Å²) in [6.07, 6.45) is -1.43. The van der Waals surface area contributed by atoms with Crippen LogP contribution in [0.5, 0.6) is 0 Å². The molecule has 0 fully saturated rings. The minimum absolute atomic E-state index is 0.0338. The number of amides is 1. The van der Waals surface area contributed by atoms with Crippen molar-refractivity contribution in [3.05, 3.63) is 26.6 Å². The summed E-state index contributed by atoms with van der Waals surface area (Å²) in [5.41, 5.74) is 5.04. The number of primary amides is 1.